The summed E-state index contributed by atoms with van der Waals surface area (Å²) in [6.07, 6.45) is 4.02. The normalized spacial score (nSPS) is 10.3. The van der Waals surface area contributed by atoms with Crippen molar-refractivity contribution >= 4 is 23.4 Å². The molecule has 0 radical (unpaired) electrons. The first-order chi connectivity index (χ1) is 10.1. The molecule has 2 N–H and O–H groups in total. The van der Waals surface area contributed by atoms with Gasteiger partial charge >= 0.3 is 0 Å². The van der Waals surface area contributed by atoms with Crippen LogP contribution in [0.25, 0.3) is 0 Å². The number of H-pyrrole nitrogens is 1. The second kappa shape index (κ2) is 7.44. The molecule has 0 spiro atoms. The fourth-order valence-corrected chi connectivity index (χ4v) is 2.35. The molecular formula is C13H14N4O3S. The maximum atomic E-state index is 11.7. The zero-order chi connectivity index (χ0) is 15.1. The van der Waals surface area contributed by atoms with Crippen molar-refractivity contribution in [1.29, 1.82) is 0 Å². The van der Waals surface area contributed by atoms with E-state index >= 15 is 0 Å². The van der Waals surface area contributed by atoms with Crippen LogP contribution in [0.4, 0.5) is 5.69 Å². The topological polar surface area (TPSA) is 101 Å². The van der Waals surface area contributed by atoms with Gasteiger partial charge in [-0.1, -0.05) is 0 Å². The van der Waals surface area contributed by atoms with E-state index in [9.17, 15) is 14.9 Å². The highest BCUT2D eigenvalue weighted by Crippen LogP contribution is 2.20. The lowest BCUT2D eigenvalue weighted by molar-refractivity contribution is -0.384. The lowest BCUT2D eigenvalue weighted by atomic mass is 10.3. The fourth-order valence-electron chi connectivity index (χ4n) is 1.62. The molecule has 21 heavy (non-hydrogen) atoms. The minimum atomic E-state index is -0.448. The molecular weight excluding hydrogens is 292 g/mol. The first-order valence-corrected chi connectivity index (χ1v) is 7.25. The third-order valence-electron chi connectivity index (χ3n) is 2.69. The molecule has 0 atom stereocenters. The van der Waals surface area contributed by atoms with E-state index in [1.807, 2.05) is 0 Å². The number of nitro benzene ring substituents is 1. The quantitative estimate of drug-likeness (QED) is 0.461. The van der Waals surface area contributed by atoms with Gasteiger partial charge in [-0.25, -0.2) is 4.98 Å². The number of carbonyl (C=O) groups is 1. The van der Waals surface area contributed by atoms with Crippen molar-refractivity contribution in [3.05, 3.63) is 52.6 Å². The van der Waals surface area contributed by atoms with Crippen LogP contribution < -0.4 is 5.32 Å². The first kappa shape index (κ1) is 15.0. The van der Waals surface area contributed by atoms with Crippen molar-refractivity contribution in [2.75, 3.05) is 12.3 Å². The SMILES string of the molecule is O=C(CSc1ccc([N+](=O)[O-])cc1)NCCc1cnc[nH]1. The van der Waals surface area contributed by atoms with Crippen LogP contribution in [0, 0.1) is 10.1 Å². The van der Waals surface area contributed by atoms with E-state index in [-0.39, 0.29) is 17.3 Å². The number of aromatic amines is 1. The molecule has 0 aliphatic heterocycles. The second-order valence-electron chi connectivity index (χ2n) is 4.22. The third-order valence-corrected chi connectivity index (χ3v) is 3.70. The molecule has 110 valence electrons. The molecule has 2 aromatic rings. The largest absolute Gasteiger partial charge is 0.355 e. The molecule has 1 heterocycles. The van der Waals surface area contributed by atoms with Gasteiger partial charge in [0.1, 0.15) is 0 Å². The molecule has 0 aliphatic carbocycles. The summed E-state index contributed by atoms with van der Waals surface area (Å²) in [5, 5.41) is 13.3. The van der Waals surface area contributed by atoms with Crippen molar-refractivity contribution in [3.8, 4) is 0 Å². The number of rotatable bonds is 7. The van der Waals surface area contributed by atoms with Crippen LogP contribution in [-0.2, 0) is 11.2 Å². The van der Waals surface area contributed by atoms with E-state index in [1.165, 1.54) is 23.9 Å². The van der Waals surface area contributed by atoms with Gasteiger partial charge < -0.3 is 10.3 Å². The van der Waals surface area contributed by atoms with E-state index in [2.05, 4.69) is 15.3 Å². The zero-order valence-electron chi connectivity index (χ0n) is 11.1. The van der Waals surface area contributed by atoms with Gasteiger partial charge in [0, 0.05) is 41.9 Å². The van der Waals surface area contributed by atoms with E-state index in [4.69, 9.17) is 0 Å². The van der Waals surface area contributed by atoms with Gasteiger partial charge in [0.25, 0.3) is 5.69 Å². The highest BCUT2D eigenvalue weighted by atomic mass is 32.2. The predicted molar refractivity (Wildman–Crippen MR) is 79.1 cm³/mol. The van der Waals surface area contributed by atoms with Crippen LogP contribution >= 0.6 is 11.8 Å². The molecule has 0 saturated heterocycles. The Bertz CT molecular complexity index is 598. The molecule has 8 heteroatoms. The Morgan fingerprint density at radius 1 is 1.38 bits per heavy atom. The van der Waals surface area contributed by atoms with Crippen LogP contribution in [0.1, 0.15) is 5.69 Å². The Morgan fingerprint density at radius 3 is 2.76 bits per heavy atom. The number of thioether (sulfide) groups is 1. The van der Waals surface area contributed by atoms with Gasteiger partial charge in [-0.15, -0.1) is 11.8 Å². The minimum absolute atomic E-state index is 0.0448. The number of carbonyl (C=O) groups excluding carboxylic acids is 1. The summed E-state index contributed by atoms with van der Waals surface area (Å²) in [4.78, 5) is 29.4. The van der Waals surface area contributed by atoms with Crippen molar-refractivity contribution in [3.63, 3.8) is 0 Å². The fraction of sp³-hybridized carbons (Fsp3) is 0.231. The van der Waals surface area contributed by atoms with Crippen molar-refractivity contribution < 1.29 is 9.72 Å². The number of aromatic nitrogens is 2. The monoisotopic (exact) mass is 306 g/mol. The molecule has 1 aromatic carbocycles. The molecule has 0 fully saturated rings. The van der Waals surface area contributed by atoms with Crippen LogP contribution in [0.5, 0.6) is 0 Å². The number of benzene rings is 1. The van der Waals surface area contributed by atoms with Crippen LogP contribution in [0.2, 0.25) is 0 Å². The van der Waals surface area contributed by atoms with E-state index in [1.54, 1.807) is 24.7 Å². The molecule has 1 amide bonds. The number of hydrogen-bond donors (Lipinski definition) is 2. The van der Waals surface area contributed by atoms with Gasteiger partial charge in [0.15, 0.2) is 0 Å². The van der Waals surface area contributed by atoms with Gasteiger partial charge in [-0.3, -0.25) is 14.9 Å². The molecule has 0 bridgehead atoms. The lowest BCUT2D eigenvalue weighted by Gasteiger charge is -2.04. The van der Waals surface area contributed by atoms with Crippen LogP contribution in [-0.4, -0.2) is 33.1 Å². The van der Waals surface area contributed by atoms with E-state index in [0.717, 1.165) is 10.6 Å². The van der Waals surface area contributed by atoms with Crippen molar-refractivity contribution in [1.82, 2.24) is 15.3 Å². The summed E-state index contributed by atoms with van der Waals surface area (Å²) in [5.41, 5.74) is 1.02. The number of amides is 1. The maximum Gasteiger partial charge on any atom is 0.269 e. The summed E-state index contributed by atoms with van der Waals surface area (Å²) >= 11 is 1.34. The Morgan fingerprint density at radius 2 is 2.14 bits per heavy atom. The first-order valence-electron chi connectivity index (χ1n) is 6.26. The average Bonchev–Trinajstić information content (AvgIpc) is 2.99. The number of nitrogens with one attached hydrogen (secondary N) is 2. The summed E-state index contributed by atoms with van der Waals surface area (Å²) in [7, 11) is 0. The summed E-state index contributed by atoms with van der Waals surface area (Å²) in [5.74, 6) is 0.207. The second-order valence-corrected chi connectivity index (χ2v) is 5.27. The maximum absolute atomic E-state index is 11.7. The minimum Gasteiger partial charge on any atom is -0.355 e. The summed E-state index contributed by atoms with van der Waals surface area (Å²) in [6.45, 7) is 0.544. The summed E-state index contributed by atoms with van der Waals surface area (Å²) < 4.78 is 0. The molecule has 0 saturated carbocycles. The molecule has 0 aliphatic rings. The average molecular weight is 306 g/mol. The highest BCUT2D eigenvalue weighted by molar-refractivity contribution is 8.00. The van der Waals surface area contributed by atoms with Gasteiger partial charge in [0.05, 0.1) is 17.0 Å². The number of imidazole rings is 1. The lowest BCUT2D eigenvalue weighted by Crippen LogP contribution is -2.27. The van der Waals surface area contributed by atoms with Gasteiger partial charge in [-0.2, -0.15) is 0 Å². The van der Waals surface area contributed by atoms with Crippen molar-refractivity contribution in [2.45, 2.75) is 11.3 Å². The summed E-state index contributed by atoms with van der Waals surface area (Å²) in [6, 6.07) is 6.14. The third kappa shape index (κ3) is 4.92. The number of nitro groups is 1. The Kier molecular flexibility index (Phi) is 5.33. The molecule has 0 unspecified atom stereocenters. The van der Waals surface area contributed by atoms with E-state index in [0.29, 0.717) is 13.0 Å². The Hall–Kier alpha value is -2.35. The van der Waals surface area contributed by atoms with Gasteiger partial charge in [0.2, 0.25) is 5.91 Å². The number of hydrogen-bond acceptors (Lipinski definition) is 5. The molecule has 7 nitrogen and oxygen atoms in total. The zero-order valence-corrected chi connectivity index (χ0v) is 11.9. The van der Waals surface area contributed by atoms with Gasteiger partial charge in [-0.05, 0) is 12.1 Å². The van der Waals surface area contributed by atoms with Crippen LogP contribution in [0.3, 0.4) is 0 Å². The highest BCUT2D eigenvalue weighted by Gasteiger charge is 2.06. The molecule has 2 rings (SSSR count). The van der Waals surface area contributed by atoms with Crippen LogP contribution in [0.15, 0.2) is 41.7 Å². The number of non-ortho nitro benzene ring substituents is 1. The smallest absolute Gasteiger partial charge is 0.269 e. The Balaban J connectivity index is 1.69. The predicted octanol–water partition coefficient (Wildman–Crippen LogP) is 1.77. The number of nitrogens with zero attached hydrogens (tertiary/aromatic N) is 2. The van der Waals surface area contributed by atoms with Crippen molar-refractivity contribution in [2.24, 2.45) is 0 Å². The molecule has 1 aromatic heterocycles. The standard InChI is InChI=1S/C13H14N4O3S/c18-13(15-6-5-10-7-14-9-16-10)8-21-12-3-1-11(2-4-12)17(19)20/h1-4,7,9H,5-6,8H2,(H,14,16)(H,15,18). The Labute approximate surface area is 125 Å². The van der Waals surface area contributed by atoms with E-state index < -0.39 is 4.92 Å².